The summed E-state index contributed by atoms with van der Waals surface area (Å²) >= 11 is 0. The van der Waals surface area contributed by atoms with E-state index >= 15 is 0 Å². The van der Waals surface area contributed by atoms with Crippen molar-refractivity contribution >= 4 is 11.6 Å². The van der Waals surface area contributed by atoms with Crippen LogP contribution in [0.4, 0.5) is 5.69 Å². The van der Waals surface area contributed by atoms with Gasteiger partial charge >= 0.3 is 0 Å². The molecule has 5 rings (SSSR count). The second-order valence-electron chi connectivity index (χ2n) is 8.33. The largest absolute Gasteiger partial charge is 0.322 e. The molecule has 3 heteroatoms. The van der Waals surface area contributed by atoms with Crippen LogP contribution >= 0.6 is 0 Å². The Bertz CT molecular complexity index is 1170. The Kier molecular flexibility index (Phi) is 5.82. The highest BCUT2D eigenvalue weighted by atomic mass is 16.1. The molecule has 1 amide bonds. The molecule has 0 heterocycles. The second kappa shape index (κ2) is 9.21. The van der Waals surface area contributed by atoms with Gasteiger partial charge in [-0.3, -0.25) is 4.79 Å². The molecule has 0 bridgehead atoms. The SMILES string of the molecule is O=C(Nc1ccc([C@@H]2C[C@H]2NCc2ccccc2)cc1)c1ccc(-c2ccccc2)cc1. The maximum atomic E-state index is 12.6. The molecule has 1 aliphatic rings. The van der Waals surface area contributed by atoms with Gasteiger partial charge in [0.1, 0.15) is 0 Å². The van der Waals surface area contributed by atoms with E-state index in [0.717, 1.165) is 29.8 Å². The van der Waals surface area contributed by atoms with Gasteiger partial charge in [-0.1, -0.05) is 84.9 Å². The Morgan fingerprint density at radius 3 is 2.03 bits per heavy atom. The van der Waals surface area contributed by atoms with Crippen molar-refractivity contribution in [3.05, 3.63) is 126 Å². The fraction of sp³-hybridized carbons (Fsp3) is 0.138. The Labute approximate surface area is 189 Å². The molecule has 4 aromatic rings. The average molecular weight is 419 g/mol. The lowest BCUT2D eigenvalue weighted by Crippen LogP contribution is -2.17. The molecule has 0 unspecified atom stereocenters. The molecular weight excluding hydrogens is 392 g/mol. The van der Waals surface area contributed by atoms with E-state index in [-0.39, 0.29) is 5.91 Å². The van der Waals surface area contributed by atoms with Crippen molar-refractivity contribution in [2.45, 2.75) is 24.9 Å². The predicted molar refractivity (Wildman–Crippen MR) is 131 cm³/mol. The van der Waals surface area contributed by atoms with Crippen LogP contribution in [-0.2, 0) is 6.54 Å². The number of hydrogen-bond donors (Lipinski definition) is 2. The Balaban J connectivity index is 1.15. The third-order valence-electron chi connectivity index (χ3n) is 6.05. The summed E-state index contributed by atoms with van der Waals surface area (Å²) in [5.41, 5.74) is 6.35. The molecule has 1 aliphatic carbocycles. The number of carbonyl (C=O) groups is 1. The smallest absolute Gasteiger partial charge is 0.255 e. The Morgan fingerprint density at radius 2 is 1.34 bits per heavy atom. The van der Waals surface area contributed by atoms with Gasteiger partial charge in [0, 0.05) is 29.8 Å². The summed E-state index contributed by atoms with van der Waals surface area (Å²) in [6.07, 6.45) is 1.16. The minimum Gasteiger partial charge on any atom is -0.322 e. The van der Waals surface area contributed by atoms with E-state index in [2.05, 4.69) is 59.2 Å². The minimum atomic E-state index is -0.0915. The first-order valence-electron chi connectivity index (χ1n) is 11.1. The number of benzene rings is 4. The number of hydrogen-bond acceptors (Lipinski definition) is 2. The average Bonchev–Trinajstić information content (AvgIpc) is 3.64. The van der Waals surface area contributed by atoms with Crippen LogP contribution in [0.2, 0.25) is 0 Å². The molecule has 1 saturated carbocycles. The fourth-order valence-corrected chi connectivity index (χ4v) is 4.10. The fourth-order valence-electron chi connectivity index (χ4n) is 4.10. The lowest BCUT2D eigenvalue weighted by atomic mass is 10.0. The molecule has 3 nitrogen and oxygen atoms in total. The maximum Gasteiger partial charge on any atom is 0.255 e. The van der Waals surface area contributed by atoms with Crippen molar-refractivity contribution in [2.24, 2.45) is 0 Å². The zero-order valence-corrected chi connectivity index (χ0v) is 17.9. The molecule has 2 N–H and O–H groups in total. The molecule has 32 heavy (non-hydrogen) atoms. The van der Waals surface area contributed by atoms with Gasteiger partial charge in [-0.05, 0) is 52.9 Å². The highest BCUT2D eigenvalue weighted by molar-refractivity contribution is 6.04. The number of nitrogens with one attached hydrogen (secondary N) is 2. The van der Waals surface area contributed by atoms with Crippen LogP contribution in [0.1, 0.15) is 33.8 Å². The lowest BCUT2D eigenvalue weighted by molar-refractivity contribution is 0.102. The van der Waals surface area contributed by atoms with Gasteiger partial charge in [0.15, 0.2) is 0 Å². The first-order valence-corrected chi connectivity index (χ1v) is 11.1. The van der Waals surface area contributed by atoms with Crippen LogP contribution in [0.5, 0.6) is 0 Å². The van der Waals surface area contributed by atoms with E-state index in [1.807, 2.05) is 60.7 Å². The lowest BCUT2D eigenvalue weighted by Gasteiger charge is -2.08. The molecule has 0 radical (unpaired) electrons. The van der Waals surface area contributed by atoms with Crippen LogP contribution < -0.4 is 10.6 Å². The molecule has 0 aliphatic heterocycles. The van der Waals surface area contributed by atoms with E-state index in [9.17, 15) is 4.79 Å². The summed E-state index contributed by atoms with van der Waals surface area (Å²) in [4.78, 5) is 12.6. The third-order valence-corrected chi connectivity index (χ3v) is 6.05. The van der Waals surface area contributed by atoms with Crippen LogP contribution in [0.25, 0.3) is 11.1 Å². The van der Waals surface area contributed by atoms with Crippen molar-refractivity contribution < 1.29 is 4.79 Å². The van der Waals surface area contributed by atoms with Gasteiger partial charge in [0.05, 0.1) is 0 Å². The number of anilines is 1. The molecule has 0 saturated heterocycles. The monoisotopic (exact) mass is 418 g/mol. The van der Waals surface area contributed by atoms with Gasteiger partial charge < -0.3 is 10.6 Å². The summed E-state index contributed by atoms with van der Waals surface area (Å²) in [6.45, 7) is 0.902. The Hall–Kier alpha value is -3.69. The summed E-state index contributed by atoms with van der Waals surface area (Å²) in [7, 11) is 0. The van der Waals surface area contributed by atoms with Crippen molar-refractivity contribution in [3.63, 3.8) is 0 Å². The number of amides is 1. The number of rotatable bonds is 7. The summed E-state index contributed by atoms with van der Waals surface area (Å²) in [5, 5.41) is 6.64. The van der Waals surface area contributed by atoms with Gasteiger partial charge in [0.25, 0.3) is 5.91 Å². The first kappa shape index (κ1) is 20.2. The topological polar surface area (TPSA) is 41.1 Å². The van der Waals surface area contributed by atoms with E-state index in [4.69, 9.17) is 0 Å². The van der Waals surface area contributed by atoms with Crippen LogP contribution in [0, 0.1) is 0 Å². The van der Waals surface area contributed by atoms with E-state index < -0.39 is 0 Å². The van der Waals surface area contributed by atoms with Gasteiger partial charge in [-0.15, -0.1) is 0 Å². The minimum absolute atomic E-state index is 0.0915. The standard InChI is InChI=1S/C29H26N2O/c32-29(25-13-11-23(12-14-25)22-9-5-2-6-10-22)31-26-17-15-24(16-18-26)27-19-28(27)30-20-21-7-3-1-4-8-21/h1-18,27-28,30H,19-20H2,(H,31,32)/t27-,28+/m0/s1. The second-order valence-corrected chi connectivity index (χ2v) is 8.33. The zero-order chi connectivity index (χ0) is 21.8. The summed E-state index contributed by atoms with van der Waals surface area (Å²) in [5.74, 6) is 0.459. The molecular formula is C29H26N2O. The predicted octanol–water partition coefficient (Wildman–Crippen LogP) is 6.25. The van der Waals surface area contributed by atoms with E-state index in [1.54, 1.807) is 0 Å². The van der Waals surface area contributed by atoms with Gasteiger partial charge in [-0.2, -0.15) is 0 Å². The van der Waals surface area contributed by atoms with Crippen LogP contribution in [0.15, 0.2) is 109 Å². The molecule has 2 atom stereocenters. The molecule has 0 aromatic heterocycles. The van der Waals surface area contributed by atoms with E-state index in [0.29, 0.717) is 17.5 Å². The molecule has 158 valence electrons. The maximum absolute atomic E-state index is 12.6. The highest BCUT2D eigenvalue weighted by Gasteiger charge is 2.37. The van der Waals surface area contributed by atoms with Crippen LogP contribution in [-0.4, -0.2) is 11.9 Å². The van der Waals surface area contributed by atoms with Crippen molar-refractivity contribution in [3.8, 4) is 11.1 Å². The van der Waals surface area contributed by atoms with Crippen LogP contribution in [0.3, 0.4) is 0 Å². The third kappa shape index (κ3) is 4.79. The van der Waals surface area contributed by atoms with Crippen molar-refractivity contribution in [2.75, 3.05) is 5.32 Å². The normalized spacial score (nSPS) is 17.0. The quantitative estimate of drug-likeness (QED) is 0.372. The summed E-state index contributed by atoms with van der Waals surface area (Å²) in [6, 6.07) is 37.2. The van der Waals surface area contributed by atoms with Gasteiger partial charge in [-0.25, -0.2) is 0 Å². The first-order chi connectivity index (χ1) is 15.8. The molecule has 4 aromatic carbocycles. The molecule has 0 spiro atoms. The van der Waals surface area contributed by atoms with Crippen molar-refractivity contribution in [1.82, 2.24) is 5.32 Å². The summed E-state index contributed by atoms with van der Waals surface area (Å²) < 4.78 is 0. The molecule has 1 fully saturated rings. The number of carbonyl (C=O) groups excluding carboxylic acids is 1. The van der Waals surface area contributed by atoms with E-state index in [1.165, 1.54) is 11.1 Å². The highest BCUT2D eigenvalue weighted by Crippen LogP contribution is 2.41. The Morgan fingerprint density at radius 1 is 0.719 bits per heavy atom. The zero-order valence-electron chi connectivity index (χ0n) is 17.9. The van der Waals surface area contributed by atoms with Crippen molar-refractivity contribution in [1.29, 1.82) is 0 Å². The van der Waals surface area contributed by atoms with Gasteiger partial charge in [0.2, 0.25) is 0 Å².